The molecule has 0 N–H and O–H groups in total. The van der Waals surface area contributed by atoms with E-state index in [1.807, 2.05) is 0 Å². The zero-order valence-electron chi connectivity index (χ0n) is 5.25. The Morgan fingerprint density at radius 1 is 1.64 bits per heavy atom. The molecule has 0 aliphatic rings. The van der Waals surface area contributed by atoms with Gasteiger partial charge in [0, 0.05) is 0 Å². The number of halogens is 2. The van der Waals surface area contributed by atoms with E-state index >= 15 is 0 Å². The molecular formula is C5H4BrFO3S. The molecule has 0 spiro atoms. The predicted octanol–water partition coefficient (Wildman–Crippen LogP) is 1.84. The molecule has 0 radical (unpaired) electrons. The van der Waals surface area contributed by atoms with Gasteiger partial charge in [-0.2, -0.15) is 8.42 Å². The van der Waals surface area contributed by atoms with E-state index in [4.69, 9.17) is 0 Å². The second kappa shape index (κ2) is 2.94. The number of furan rings is 1. The first kappa shape index (κ1) is 8.73. The summed E-state index contributed by atoms with van der Waals surface area (Å²) in [5, 5.41) is 0. The van der Waals surface area contributed by atoms with E-state index in [0.29, 0.717) is 4.47 Å². The summed E-state index contributed by atoms with van der Waals surface area (Å²) in [5.74, 6) is -0.627. The Morgan fingerprint density at radius 2 is 2.27 bits per heavy atom. The lowest BCUT2D eigenvalue weighted by molar-refractivity contribution is 0.507. The fraction of sp³-hybridized carbons (Fsp3) is 0.200. The van der Waals surface area contributed by atoms with Crippen molar-refractivity contribution < 1.29 is 16.7 Å². The zero-order valence-corrected chi connectivity index (χ0v) is 7.65. The molecule has 1 aromatic heterocycles. The van der Waals surface area contributed by atoms with Gasteiger partial charge < -0.3 is 4.42 Å². The Morgan fingerprint density at radius 3 is 2.64 bits per heavy atom. The normalized spacial score (nSPS) is 11.8. The van der Waals surface area contributed by atoms with Crippen LogP contribution in [0, 0.1) is 0 Å². The fourth-order valence-corrected chi connectivity index (χ4v) is 1.44. The first-order valence-electron chi connectivity index (χ1n) is 2.62. The van der Waals surface area contributed by atoms with Crippen LogP contribution in [0.5, 0.6) is 0 Å². The topological polar surface area (TPSA) is 47.3 Å². The van der Waals surface area contributed by atoms with Crippen molar-refractivity contribution in [1.82, 2.24) is 0 Å². The first-order valence-corrected chi connectivity index (χ1v) is 4.97. The summed E-state index contributed by atoms with van der Waals surface area (Å²) in [7, 11) is -4.48. The van der Waals surface area contributed by atoms with Crippen LogP contribution in [0.3, 0.4) is 0 Å². The third-order valence-electron chi connectivity index (χ3n) is 0.936. The molecule has 11 heavy (non-hydrogen) atoms. The molecule has 3 nitrogen and oxygen atoms in total. The van der Waals surface area contributed by atoms with E-state index in [2.05, 4.69) is 20.3 Å². The molecule has 0 saturated carbocycles. The molecule has 0 amide bonds. The van der Waals surface area contributed by atoms with Crippen LogP contribution in [0.25, 0.3) is 0 Å². The second-order valence-electron chi connectivity index (χ2n) is 1.91. The minimum Gasteiger partial charge on any atom is -0.467 e. The van der Waals surface area contributed by atoms with Gasteiger partial charge in [0.05, 0.1) is 4.47 Å². The summed E-state index contributed by atoms with van der Waals surface area (Å²) >= 11 is 3.03. The van der Waals surface area contributed by atoms with Crippen LogP contribution in [0.2, 0.25) is 0 Å². The van der Waals surface area contributed by atoms with Crippen molar-refractivity contribution >= 4 is 26.2 Å². The Balaban J connectivity index is 2.81. The maximum Gasteiger partial charge on any atom is 0.309 e. The van der Waals surface area contributed by atoms with E-state index in [1.54, 1.807) is 0 Å². The molecule has 0 aliphatic heterocycles. The predicted molar refractivity (Wildman–Crippen MR) is 40.1 cm³/mol. The average Bonchev–Trinajstić information content (AvgIpc) is 2.10. The molecule has 1 rings (SSSR count). The summed E-state index contributed by atoms with van der Waals surface area (Å²) in [4.78, 5) is 0. The van der Waals surface area contributed by atoms with Crippen molar-refractivity contribution in [3.05, 3.63) is 22.6 Å². The highest BCUT2D eigenvalue weighted by atomic mass is 79.9. The van der Waals surface area contributed by atoms with Crippen LogP contribution in [-0.2, 0) is 16.0 Å². The minimum atomic E-state index is -4.48. The average molecular weight is 243 g/mol. The lowest BCUT2D eigenvalue weighted by atomic mass is 10.5. The minimum absolute atomic E-state index is 0.0828. The lowest BCUT2D eigenvalue weighted by Gasteiger charge is -1.87. The maximum absolute atomic E-state index is 12.0. The highest BCUT2D eigenvalue weighted by Gasteiger charge is 2.11. The summed E-state index contributed by atoms with van der Waals surface area (Å²) in [6, 6.07) is 1.40. The molecule has 0 aliphatic carbocycles. The Bertz CT molecular complexity index is 342. The molecule has 6 heteroatoms. The van der Waals surface area contributed by atoms with Gasteiger partial charge in [-0.25, -0.2) is 0 Å². The van der Waals surface area contributed by atoms with Crippen LogP contribution in [-0.4, -0.2) is 8.42 Å². The van der Waals surface area contributed by atoms with Crippen LogP contribution in [0.1, 0.15) is 5.76 Å². The van der Waals surface area contributed by atoms with E-state index in [-0.39, 0.29) is 5.76 Å². The number of rotatable bonds is 2. The van der Waals surface area contributed by atoms with Crippen molar-refractivity contribution in [2.75, 3.05) is 0 Å². The number of hydrogen-bond donors (Lipinski definition) is 0. The van der Waals surface area contributed by atoms with Crippen LogP contribution in [0.15, 0.2) is 21.2 Å². The van der Waals surface area contributed by atoms with Gasteiger partial charge in [-0.05, 0) is 22.0 Å². The third kappa shape index (κ3) is 3.02. The largest absolute Gasteiger partial charge is 0.467 e. The molecule has 0 aromatic carbocycles. The Labute approximate surface area is 71.5 Å². The van der Waals surface area contributed by atoms with Gasteiger partial charge in [-0.3, -0.25) is 0 Å². The van der Waals surface area contributed by atoms with E-state index in [1.165, 1.54) is 12.3 Å². The van der Waals surface area contributed by atoms with E-state index in [0.717, 1.165) is 0 Å². The highest BCUT2D eigenvalue weighted by molar-refractivity contribution is 9.10. The molecule has 1 aromatic rings. The van der Waals surface area contributed by atoms with Crippen molar-refractivity contribution in [3.8, 4) is 0 Å². The Hall–Kier alpha value is -0.360. The molecule has 0 fully saturated rings. The monoisotopic (exact) mass is 242 g/mol. The lowest BCUT2D eigenvalue weighted by Crippen LogP contribution is -1.93. The SMILES string of the molecule is O=S(=O)(F)Cc1cc(Br)co1. The first-order chi connectivity index (χ1) is 4.97. The van der Waals surface area contributed by atoms with Crippen molar-refractivity contribution in [2.24, 2.45) is 0 Å². The van der Waals surface area contributed by atoms with Gasteiger partial charge in [0.15, 0.2) is 0 Å². The van der Waals surface area contributed by atoms with Gasteiger partial charge in [0.1, 0.15) is 17.8 Å². The van der Waals surface area contributed by atoms with Gasteiger partial charge in [0.25, 0.3) is 0 Å². The number of hydrogen-bond acceptors (Lipinski definition) is 3. The maximum atomic E-state index is 12.0. The van der Waals surface area contributed by atoms with Gasteiger partial charge in [-0.15, -0.1) is 3.89 Å². The van der Waals surface area contributed by atoms with Crippen LogP contribution >= 0.6 is 15.9 Å². The molecule has 0 atom stereocenters. The Kier molecular flexibility index (Phi) is 2.34. The van der Waals surface area contributed by atoms with Crippen LogP contribution in [0.4, 0.5) is 3.89 Å². The van der Waals surface area contributed by atoms with Gasteiger partial charge >= 0.3 is 10.2 Å². The summed E-state index contributed by atoms with van der Waals surface area (Å²) in [5.41, 5.74) is 0. The van der Waals surface area contributed by atoms with E-state index < -0.39 is 16.0 Å². The zero-order chi connectivity index (χ0) is 8.48. The summed E-state index contributed by atoms with van der Waals surface area (Å²) < 4.78 is 37.4. The second-order valence-corrected chi connectivity index (χ2v) is 4.20. The standard InChI is InChI=1S/C5H4BrFO3S/c6-4-1-5(10-2-4)3-11(7,8)9/h1-2H,3H2. The molecule has 0 bridgehead atoms. The van der Waals surface area contributed by atoms with Crippen LogP contribution < -0.4 is 0 Å². The van der Waals surface area contributed by atoms with Crippen molar-refractivity contribution in [3.63, 3.8) is 0 Å². The third-order valence-corrected chi connectivity index (χ3v) is 1.98. The summed E-state index contributed by atoms with van der Waals surface area (Å²) in [6.07, 6.45) is 1.29. The molecule has 62 valence electrons. The van der Waals surface area contributed by atoms with Crippen molar-refractivity contribution in [1.29, 1.82) is 0 Å². The molecule has 0 unspecified atom stereocenters. The van der Waals surface area contributed by atoms with E-state index in [9.17, 15) is 12.3 Å². The summed E-state index contributed by atoms with van der Waals surface area (Å²) in [6.45, 7) is 0. The fourth-order valence-electron chi connectivity index (χ4n) is 0.599. The molecular weight excluding hydrogens is 239 g/mol. The molecule has 1 heterocycles. The smallest absolute Gasteiger partial charge is 0.309 e. The molecule has 0 saturated heterocycles. The quantitative estimate of drug-likeness (QED) is 0.744. The van der Waals surface area contributed by atoms with Crippen molar-refractivity contribution in [2.45, 2.75) is 5.75 Å². The van der Waals surface area contributed by atoms with Gasteiger partial charge in [-0.1, -0.05) is 0 Å². The highest BCUT2D eigenvalue weighted by Crippen LogP contribution is 2.16. The van der Waals surface area contributed by atoms with Gasteiger partial charge in [0.2, 0.25) is 0 Å².